The first-order valence-electron chi connectivity index (χ1n) is 11.9. The summed E-state index contributed by atoms with van der Waals surface area (Å²) in [6.45, 7) is 2.63. The number of aromatic amines is 1. The highest BCUT2D eigenvalue weighted by Gasteiger charge is 2.42. The van der Waals surface area contributed by atoms with E-state index in [0.717, 1.165) is 23.6 Å². The Labute approximate surface area is 226 Å². The highest BCUT2D eigenvalue weighted by atomic mass is 32.1. The molecule has 0 saturated carbocycles. The van der Waals surface area contributed by atoms with Gasteiger partial charge in [0.25, 0.3) is 5.92 Å². The number of thiazole rings is 1. The molecule has 1 unspecified atom stereocenters. The minimum Gasteiger partial charge on any atom is -0.362 e. The molecule has 0 aliphatic rings. The van der Waals surface area contributed by atoms with Crippen LogP contribution in [0.1, 0.15) is 41.3 Å². The molecule has 0 fully saturated rings. The number of benzene rings is 1. The molecule has 208 valence electrons. The average molecular weight is 578 g/mol. The van der Waals surface area contributed by atoms with Crippen molar-refractivity contribution in [2.45, 2.75) is 45.1 Å². The Hall–Kier alpha value is -4.04. The van der Waals surface area contributed by atoms with Gasteiger partial charge in [-0.2, -0.15) is 13.2 Å². The number of hydrogen-bond donors (Lipinski definition) is 1. The van der Waals surface area contributed by atoms with Crippen LogP contribution in [0.15, 0.2) is 58.1 Å². The van der Waals surface area contributed by atoms with Crippen LogP contribution in [-0.2, 0) is 17.5 Å². The first-order chi connectivity index (χ1) is 19.0. The molecule has 0 aliphatic carbocycles. The van der Waals surface area contributed by atoms with Gasteiger partial charge in [0.15, 0.2) is 11.9 Å². The number of fused-ring (bicyclic) bond motifs is 1. The Morgan fingerprint density at radius 3 is 2.55 bits per heavy atom. The number of halogens is 5. The van der Waals surface area contributed by atoms with Crippen molar-refractivity contribution in [2.75, 3.05) is 0 Å². The molecule has 0 amide bonds. The Morgan fingerprint density at radius 2 is 1.90 bits per heavy atom. The number of alkyl halides is 5. The first kappa shape index (κ1) is 27.5. The molecule has 14 heteroatoms. The number of aryl methyl sites for hydroxylation is 1. The lowest BCUT2D eigenvalue weighted by molar-refractivity contribution is -0.146. The van der Waals surface area contributed by atoms with Gasteiger partial charge in [-0.1, -0.05) is 30.3 Å². The standard InChI is InChI=1S/C26H20F5N5O3S/c1-3-25(27,28)21(20-13(2)34-23(40-20)14-7-9-18(33-11-14)26(29,30)31)38-12-15-6-8-17(22-35-24(37)39-36-22)16-5-4-10-32-19(15)16/h4-11,21H,3,12H2,1-2H3,(H,35,36,37). The Morgan fingerprint density at radius 1 is 1.10 bits per heavy atom. The van der Waals surface area contributed by atoms with Gasteiger partial charge in [-0.3, -0.25) is 19.5 Å². The van der Waals surface area contributed by atoms with Crippen LogP contribution in [0.3, 0.4) is 0 Å². The van der Waals surface area contributed by atoms with E-state index in [9.17, 15) is 18.0 Å². The van der Waals surface area contributed by atoms with Gasteiger partial charge in [0, 0.05) is 40.9 Å². The smallest absolute Gasteiger partial charge is 0.362 e. The molecular weight excluding hydrogens is 557 g/mol. The van der Waals surface area contributed by atoms with Crippen molar-refractivity contribution in [3.63, 3.8) is 0 Å². The third-order valence-corrected chi connectivity index (χ3v) is 7.43. The molecule has 1 aromatic carbocycles. The summed E-state index contributed by atoms with van der Waals surface area (Å²) in [6.07, 6.45) is -4.26. The average Bonchev–Trinajstić information content (AvgIpc) is 3.53. The second kappa shape index (κ2) is 10.5. The van der Waals surface area contributed by atoms with E-state index in [1.54, 1.807) is 31.2 Å². The summed E-state index contributed by atoms with van der Waals surface area (Å²) in [6, 6.07) is 8.73. The highest BCUT2D eigenvalue weighted by Crippen LogP contribution is 2.44. The fraction of sp³-hybridized carbons (Fsp3) is 0.269. The van der Waals surface area contributed by atoms with Crippen molar-refractivity contribution in [1.29, 1.82) is 0 Å². The second-order valence-electron chi connectivity index (χ2n) is 8.82. The van der Waals surface area contributed by atoms with Crippen LogP contribution >= 0.6 is 11.3 Å². The number of ether oxygens (including phenoxy) is 1. The third-order valence-electron chi connectivity index (χ3n) is 6.18. The van der Waals surface area contributed by atoms with Crippen LogP contribution in [0.5, 0.6) is 0 Å². The summed E-state index contributed by atoms with van der Waals surface area (Å²) >= 11 is 0.912. The van der Waals surface area contributed by atoms with Gasteiger partial charge in [0.05, 0.1) is 22.7 Å². The molecule has 0 spiro atoms. The maximum atomic E-state index is 15.2. The Balaban J connectivity index is 1.47. The van der Waals surface area contributed by atoms with Crippen LogP contribution in [0.2, 0.25) is 0 Å². The fourth-order valence-electron chi connectivity index (χ4n) is 4.11. The molecule has 40 heavy (non-hydrogen) atoms. The van der Waals surface area contributed by atoms with E-state index in [-0.39, 0.29) is 33.6 Å². The molecule has 1 N–H and O–H groups in total. The minimum atomic E-state index is -4.60. The zero-order valence-electron chi connectivity index (χ0n) is 20.9. The molecule has 0 bridgehead atoms. The van der Waals surface area contributed by atoms with Crippen LogP contribution in [-0.4, -0.2) is 31.0 Å². The van der Waals surface area contributed by atoms with Crippen molar-refractivity contribution in [1.82, 2.24) is 25.1 Å². The van der Waals surface area contributed by atoms with Gasteiger partial charge in [-0.15, -0.1) is 11.3 Å². The number of nitrogens with one attached hydrogen (secondary N) is 1. The summed E-state index contributed by atoms with van der Waals surface area (Å²) in [4.78, 5) is 26.2. The lowest BCUT2D eigenvalue weighted by Crippen LogP contribution is -2.27. The van der Waals surface area contributed by atoms with E-state index in [0.29, 0.717) is 22.0 Å². The number of pyridine rings is 2. The number of nitrogens with zero attached hydrogens (tertiary/aromatic N) is 4. The molecule has 4 heterocycles. The molecule has 0 radical (unpaired) electrons. The lowest BCUT2D eigenvalue weighted by atomic mass is 10.0. The minimum absolute atomic E-state index is 0.149. The maximum Gasteiger partial charge on any atom is 0.439 e. The van der Waals surface area contributed by atoms with Crippen LogP contribution in [0.4, 0.5) is 22.0 Å². The Kier molecular flexibility index (Phi) is 7.23. The Bertz CT molecular complexity index is 1710. The predicted molar refractivity (Wildman–Crippen MR) is 136 cm³/mol. The van der Waals surface area contributed by atoms with Crippen LogP contribution in [0.25, 0.3) is 32.9 Å². The van der Waals surface area contributed by atoms with Gasteiger partial charge < -0.3 is 4.74 Å². The van der Waals surface area contributed by atoms with Gasteiger partial charge >= 0.3 is 11.9 Å². The van der Waals surface area contributed by atoms with Crippen molar-refractivity contribution in [2.24, 2.45) is 0 Å². The van der Waals surface area contributed by atoms with Gasteiger partial charge in [-0.25, -0.2) is 18.6 Å². The van der Waals surface area contributed by atoms with Crippen LogP contribution in [0, 0.1) is 6.92 Å². The molecule has 0 aliphatic heterocycles. The fourth-order valence-corrected chi connectivity index (χ4v) is 5.28. The molecule has 1 atom stereocenters. The van der Waals surface area contributed by atoms with Crippen molar-refractivity contribution in [3.05, 3.63) is 81.2 Å². The number of H-pyrrole nitrogens is 1. The van der Waals surface area contributed by atoms with Crippen molar-refractivity contribution < 1.29 is 31.2 Å². The van der Waals surface area contributed by atoms with E-state index in [4.69, 9.17) is 4.74 Å². The summed E-state index contributed by atoms with van der Waals surface area (Å²) in [5.41, 5.74) is 0.969. The number of rotatable bonds is 8. The lowest BCUT2D eigenvalue weighted by Gasteiger charge is -2.26. The van der Waals surface area contributed by atoms with Crippen LogP contribution < -0.4 is 5.76 Å². The molecule has 4 aromatic heterocycles. The molecule has 0 saturated heterocycles. The van der Waals surface area contributed by atoms with E-state index >= 15 is 8.78 Å². The van der Waals surface area contributed by atoms with Gasteiger partial charge in [-0.05, 0) is 25.1 Å². The van der Waals surface area contributed by atoms with E-state index in [1.165, 1.54) is 19.2 Å². The molecular formula is C26H20F5N5O3S. The summed E-state index contributed by atoms with van der Waals surface area (Å²) in [5.74, 6) is -3.82. The quantitative estimate of drug-likeness (QED) is 0.204. The molecule has 8 nitrogen and oxygen atoms in total. The number of aromatic nitrogens is 5. The monoisotopic (exact) mass is 577 g/mol. The van der Waals surface area contributed by atoms with E-state index in [2.05, 4.69) is 29.6 Å². The number of hydrogen-bond acceptors (Lipinski definition) is 8. The predicted octanol–water partition coefficient (Wildman–Crippen LogP) is 6.73. The summed E-state index contributed by atoms with van der Waals surface area (Å²) < 4.78 is 79.6. The molecule has 5 aromatic rings. The first-order valence-corrected chi connectivity index (χ1v) is 12.7. The largest absolute Gasteiger partial charge is 0.439 e. The summed E-state index contributed by atoms with van der Waals surface area (Å²) in [5, 5.41) is 4.55. The molecule has 5 rings (SSSR count). The SMILES string of the molecule is CCC(F)(F)C(OCc1ccc(-c2noc(=O)[nH]2)c2cccnc12)c1sc(-c2ccc(C(F)(F)F)nc2)nc1C. The topological polar surface area (TPSA) is 107 Å². The highest BCUT2D eigenvalue weighted by molar-refractivity contribution is 7.15. The van der Waals surface area contributed by atoms with E-state index < -0.39 is 36.1 Å². The van der Waals surface area contributed by atoms with Crippen molar-refractivity contribution >= 4 is 22.2 Å². The van der Waals surface area contributed by atoms with Gasteiger partial charge in [0.2, 0.25) is 0 Å². The zero-order valence-corrected chi connectivity index (χ0v) is 21.7. The normalized spacial score (nSPS) is 13.2. The van der Waals surface area contributed by atoms with E-state index in [1.807, 2.05) is 0 Å². The zero-order chi connectivity index (χ0) is 28.7. The summed E-state index contributed by atoms with van der Waals surface area (Å²) in [7, 11) is 0. The van der Waals surface area contributed by atoms with Gasteiger partial charge in [0.1, 0.15) is 10.7 Å². The third kappa shape index (κ3) is 5.36. The second-order valence-corrected chi connectivity index (χ2v) is 9.85. The van der Waals surface area contributed by atoms with Crippen molar-refractivity contribution in [3.8, 4) is 22.0 Å². The maximum absolute atomic E-state index is 15.2.